The van der Waals surface area contributed by atoms with Crippen LogP contribution in [0.4, 0.5) is 5.69 Å². The maximum atomic E-state index is 12.2. The van der Waals surface area contributed by atoms with Crippen molar-refractivity contribution >= 4 is 16.9 Å². The number of pyridine rings is 1. The van der Waals surface area contributed by atoms with Crippen LogP contribution < -0.4 is 16.3 Å². The predicted octanol–water partition coefficient (Wildman–Crippen LogP) is 2.14. The fraction of sp³-hybridized carbons (Fsp3) is 0.333. The summed E-state index contributed by atoms with van der Waals surface area (Å²) in [5.74, 6) is 0. The van der Waals surface area contributed by atoms with Gasteiger partial charge in [-0.1, -0.05) is 18.2 Å². The van der Waals surface area contributed by atoms with Gasteiger partial charge in [0.15, 0.2) is 5.65 Å². The van der Waals surface area contributed by atoms with Crippen molar-refractivity contribution in [3.63, 3.8) is 0 Å². The van der Waals surface area contributed by atoms with Gasteiger partial charge in [-0.25, -0.2) is 9.78 Å². The first-order chi connectivity index (χ1) is 11.8. The number of nitrogens with one attached hydrogen (secondary N) is 1. The van der Waals surface area contributed by atoms with Gasteiger partial charge in [0, 0.05) is 31.0 Å². The van der Waals surface area contributed by atoms with Crippen LogP contribution in [0.2, 0.25) is 0 Å². The van der Waals surface area contributed by atoms with Crippen LogP contribution >= 0.6 is 0 Å². The van der Waals surface area contributed by atoms with E-state index in [4.69, 9.17) is 0 Å². The van der Waals surface area contributed by atoms with Crippen molar-refractivity contribution in [3.05, 3.63) is 59.1 Å². The molecule has 2 aromatic heterocycles. The number of aromatic amines is 1. The predicted molar refractivity (Wildman–Crippen MR) is 97.4 cm³/mol. The molecule has 0 aliphatic carbocycles. The van der Waals surface area contributed by atoms with Gasteiger partial charge in [-0.3, -0.25) is 9.55 Å². The van der Waals surface area contributed by atoms with Gasteiger partial charge in [0.1, 0.15) is 0 Å². The summed E-state index contributed by atoms with van der Waals surface area (Å²) >= 11 is 0. The van der Waals surface area contributed by atoms with Crippen molar-refractivity contribution in [2.24, 2.45) is 5.73 Å². The van der Waals surface area contributed by atoms with E-state index in [-0.39, 0.29) is 11.7 Å². The fourth-order valence-electron chi connectivity index (χ4n) is 3.34. The third-order valence-corrected chi connectivity index (χ3v) is 4.44. The molecule has 0 bridgehead atoms. The molecule has 1 saturated heterocycles. The molecule has 0 spiro atoms. The van der Waals surface area contributed by atoms with E-state index >= 15 is 0 Å². The van der Waals surface area contributed by atoms with Crippen LogP contribution in [0, 0.1) is 0 Å². The number of hydrogen-bond acceptors (Lipinski definition) is 4. The monoisotopic (exact) mass is 325 g/mol. The number of imidazole rings is 1. The quantitative estimate of drug-likeness (QED) is 0.756. The number of anilines is 1. The molecule has 1 aliphatic rings. The normalized spacial score (nSPS) is 15.2. The van der Waals surface area contributed by atoms with E-state index in [9.17, 15) is 4.79 Å². The zero-order valence-corrected chi connectivity index (χ0v) is 13.9. The minimum absolute atomic E-state index is 0.0492. The molecule has 1 fully saturated rings. The molecule has 3 aromatic rings. The lowest BCUT2D eigenvalue weighted by atomic mass is 10.0. The number of fused-ring (bicyclic) bond motifs is 1. The summed E-state index contributed by atoms with van der Waals surface area (Å²) in [6, 6.07) is 14.5. The van der Waals surface area contributed by atoms with Crippen molar-refractivity contribution in [1.82, 2.24) is 14.5 Å². The van der Waals surface area contributed by atoms with Gasteiger partial charge in [-0.15, -0.1) is 0 Å². The lowest BCUT2D eigenvalue weighted by Crippen LogP contribution is -2.36. The third kappa shape index (κ3) is 3.05. The third-order valence-electron chi connectivity index (χ3n) is 4.44. The second-order valence-corrected chi connectivity index (χ2v) is 5.73. The Labute approximate surface area is 140 Å². The molecule has 0 radical (unpaired) electrons. The Hall–Kier alpha value is -2.60. The van der Waals surface area contributed by atoms with Crippen molar-refractivity contribution in [1.29, 1.82) is 0 Å². The van der Waals surface area contributed by atoms with Crippen molar-refractivity contribution in [2.75, 3.05) is 25.0 Å². The summed E-state index contributed by atoms with van der Waals surface area (Å²) in [4.78, 5) is 21.7. The number of benzene rings is 1. The molecular formula is C18H23N5O. The van der Waals surface area contributed by atoms with E-state index < -0.39 is 0 Å². The first-order valence-corrected chi connectivity index (χ1v) is 8.26. The zero-order chi connectivity index (χ0) is 16.9. The highest BCUT2D eigenvalue weighted by atomic mass is 16.1. The number of para-hydroxylation sites is 1. The van der Waals surface area contributed by atoms with E-state index in [0.717, 1.165) is 31.4 Å². The molecule has 1 aromatic carbocycles. The van der Waals surface area contributed by atoms with E-state index in [1.54, 1.807) is 6.20 Å². The van der Waals surface area contributed by atoms with E-state index in [1.807, 2.05) is 22.8 Å². The van der Waals surface area contributed by atoms with Crippen LogP contribution in [0.3, 0.4) is 0 Å². The molecule has 0 amide bonds. The van der Waals surface area contributed by atoms with Crippen LogP contribution in [-0.2, 0) is 0 Å². The summed E-state index contributed by atoms with van der Waals surface area (Å²) in [6.07, 6.45) is 3.65. The first kappa shape index (κ1) is 16.3. The number of hydrogen-bond donors (Lipinski definition) is 2. The Balaban J connectivity index is 0.000000815. The highest BCUT2D eigenvalue weighted by molar-refractivity contribution is 5.70. The largest absolute Gasteiger partial charge is 0.371 e. The summed E-state index contributed by atoms with van der Waals surface area (Å²) in [6.45, 7) is 1.93. The van der Waals surface area contributed by atoms with E-state index in [2.05, 4.69) is 44.9 Å². The number of nitrogens with two attached hydrogens (primary N) is 1. The molecular weight excluding hydrogens is 302 g/mol. The number of nitrogens with zero attached hydrogens (tertiary/aromatic N) is 3. The summed E-state index contributed by atoms with van der Waals surface area (Å²) in [7, 11) is 1.50. The number of rotatable bonds is 2. The van der Waals surface area contributed by atoms with Crippen LogP contribution in [0.25, 0.3) is 11.2 Å². The van der Waals surface area contributed by atoms with Gasteiger partial charge in [-0.05, 0) is 44.2 Å². The lowest BCUT2D eigenvalue weighted by molar-refractivity contribution is 0.396. The van der Waals surface area contributed by atoms with Crippen molar-refractivity contribution < 1.29 is 0 Å². The molecule has 6 nitrogen and oxygen atoms in total. The number of piperidine rings is 1. The lowest BCUT2D eigenvalue weighted by Gasteiger charge is -2.34. The smallest absolute Gasteiger partial charge is 0.327 e. The Morgan fingerprint density at radius 1 is 1.08 bits per heavy atom. The van der Waals surface area contributed by atoms with Gasteiger partial charge in [0.2, 0.25) is 0 Å². The zero-order valence-electron chi connectivity index (χ0n) is 13.9. The highest BCUT2D eigenvalue weighted by Crippen LogP contribution is 2.27. The van der Waals surface area contributed by atoms with Crippen LogP contribution in [-0.4, -0.2) is 34.7 Å². The average molecular weight is 325 g/mol. The Morgan fingerprint density at radius 2 is 1.79 bits per heavy atom. The molecule has 1 aliphatic heterocycles. The van der Waals surface area contributed by atoms with Gasteiger partial charge in [0.05, 0.1) is 5.52 Å². The van der Waals surface area contributed by atoms with Gasteiger partial charge >= 0.3 is 5.69 Å². The first-order valence-electron chi connectivity index (χ1n) is 8.26. The SMILES string of the molecule is CN.O=c1[nH]c2ncccc2n1C1CCN(c2ccccc2)CC1. The molecule has 6 heteroatoms. The summed E-state index contributed by atoms with van der Waals surface area (Å²) < 4.78 is 1.88. The van der Waals surface area contributed by atoms with Gasteiger partial charge in [0.25, 0.3) is 0 Å². The standard InChI is InChI=1S/C17H18N4O.CH5N/c22-17-19-16-15(7-4-10-18-16)21(17)14-8-11-20(12-9-14)13-5-2-1-3-6-13;1-2/h1-7,10,14H,8-9,11-12H2,(H,18,19,22);2H2,1H3. The molecule has 3 N–H and O–H groups in total. The van der Waals surface area contributed by atoms with Crippen molar-refractivity contribution in [3.8, 4) is 0 Å². The molecule has 0 unspecified atom stereocenters. The Kier molecular flexibility index (Phi) is 4.96. The minimum Gasteiger partial charge on any atom is -0.371 e. The summed E-state index contributed by atoms with van der Waals surface area (Å²) in [5.41, 5.74) is 7.30. The fourth-order valence-corrected chi connectivity index (χ4v) is 3.34. The highest BCUT2D eigenvalue weighted by Gasteiger charge is 2.23. The maximum Gasteiger partial charge on any atom is 0.327 e. The van der Waals surface area contributed by atoms with Crippen LogP contribution in [0.15, 0.2) is 53.5 Å². The molecule has 24 heavy (non-hydrogen) atoms. The van der Waals surface area contributed by atoms with E-state index in [1.165, 1.54) is 12.7 Å². The Morgan fingerprint density at radius 3 is 2.50 bits per heavy atom. The number of H-pyrrole nitrogens is 1. The molecule has 126 valence electrons. The second-order valence-electron chi connectivity index (χ2n) is 5.73. The maximum absolute atomic E-state index is 12.2. The topological polar surface area (TPSA) is 79.9 Å². The van der Waals surface area contributed by atoms with Crippen LogP contribution in [0.1, 0.15) is 18.9 Å². The van der Waals surface area contributed by atoms with Crippen molar-refractivity contribution in [2.45, 2.75) is 18.9 Å². The van der Waals surface area contributed by atoms with E-state index in [0.29, 0.717) is 5.65 Å². The molecule has 0 saturated carbocycles. The molecule has 0 atom stereocenters. The molecule has 3 heterocycles. The number of aromatic nitrogens is 3. The van der Waals surface area contributed by atoms with Gasteiger partial charge < -0.3 is 10.6 Å². The average Bonchev–Trinajstić information content (AvgIpc) is 3.00. The Bertz CT molecular complexity index is 831. The minimum atomic E-state index is -0.0492. The van der Waals surface area contributed by atoms with Crippen LogP contribution in [0.5, 0.6) is 0 Å². The summed E-state index contributed by atoms with van der Waals surface area (Å²) in [5, 5.41) is 0. The molecule has 4 rings (SSSR count). The second kappa shape index (κ2) is 7.31. The van der Waals surface area contributed by atoms with Gasteiger partial charge in [-0.2, -0.15) is 0 Å².